The zero-order valence-corrected chi connectivity index (χ0v) is 10.8. The van der Waals surface area contributed by atoms with E-state index < -0.39 is 0 Å². The maximum absolute atomic E-state index is 4.56. The molecule has 16 heavy (non-hydrogen) atoms. The molecule has 3 nitrogen and oxygen atoms in total. The maximum Gasteiger partial charge on any atom is 0.225 e. The van der Waals surface area contributed by atoms with Gasteiger partial charge in [-0.2, -0.15) is 0 Å². The van der Waals surface area contributed by atoms with Crippen LogP contribution in [0.25, 0.3) is 10.9 Å². The highest BCUT2D eigenvalue weighted by molar-refractivity contribution is 9.09. The quantitative estimate of drug-likeness (QED) is 0.806. The molecule has 1 heterocycles. The van der Waals surface area contributed by atoms with Gasteiger partial charge in [0, 0.05) is 30.0 Å². The highest BCUT2D eigenvalue weighted by Crippen LogP contribution is 2.14. The van der Waals surface area contributed by atoms with Gasteiger partial charge in [0.25, 0.3) is 0 Å². The highest BCUT2D eigenvalue weighted by atomic mass is 79.9. The Balaban J connectivity index is 2.37. The third-order valence-corrected chi connectivity index (χ3v) is 2.85. The first kappa shape index (κ1) is 11.3. The second-order valence-corrected chi connectivity index (χ2v) is 4.29. The molecular formula is C12H14BrN3. The number of halogens is 1. The lowest BCUT2D eigenvalue weighted by Gasteiger charge is -2.19. The van der Waals surface area contributed by atoms with Crippen LogP contribution < -0.4 is 4.90 Å². The molecule has 0 aliphatic carbocycles. The number of benzene rings is 1. The van der Waals surface area contributed by atoms with Gasteiger partial charge in [0.05, 0.1) is 5.52 Å². The van der Waals surface area contributed by atoms with Crippen LogP contribution in [0.5, 0.6) is 0 Å². The average molecular weight is 280 g/mol. The molecule has 1 aromatic carbocycles. The number of hydrogen-bond donors (Lipinski definition) is 0. The van der Waals surface area contributed by atoms with E-state index in [0.717, 1.165) is 35.3 Å². The van der Waals surface area contributed by atoms with Crippen molar-refractivity contribution in [2.45, 2.75) is 6.92 Å². The van der Waals surface area contributed by atoms with E-state index in [1.54, 1.807) is 0 Å². The maximum atomic E-state index is 4.56. The third-order valence-electron chi connectivity index (χ3n) is 2.50. The molecule has 0 fully saturated rings. The Hall–Kier alpha value is -1.16. The Labute approximate surface area is 104 Å². The molecule has 0 saturated carbocycles. The topological polar surface area (TPSA) is 29.0 Å². The van der Waals surface area contributed by atoms with Gasteiger partial charge in [0.1, 0.15) is 0 Å². The molecule has 0 N–H and O–H groups in total. The zero-order valence-electron chi connectivity index (χ0n) is 9.23. The normalized spacial score (nSPS) is 10.6. The van der Waals surface area contributed by atoms with E-state index in [0.29, 0.717) is 0 Å². The molecule has 0 aliphatic heterocycles. The molecule has 0 bridgehead atoms. The summed E-state index contributed by atoms with van der Waals surface area (Å²) in [6.07, 6.45) is 1.88. The third kappa shape index (κ3) is 2.32. The molecule has 0 radical (unpaired) electrons. The molecule has 84 valence electrons. The standard InChI is InChI=1S/C12H14BrN3/c1-2-16(8-7-13)12-14-9-10-5-3-4-6-11(10)15-12/h3-6,9H,2,7-8H2,1H3. The predicted molar refractivity (Wildman–Crippen MR) is 71.2 cm³/mol. The summed E-state index contributed by atoms with van der Waals surface area (Å²) >= 11 is 3.44. The van der Waals surface area contributed by atoms with Gasteiger partial charge in [-0.15, -0.1) is 0 Å². The predicted octanol–water partition coefficient (Wildman–Crippen LogP) is 2.85. The van der Waals surface area contributed by atoms with Gasteiger partial charge in [-0.3, -0.25) is 0 Å². The Morgan fingerprint density at radius 3 is 2.88 bits per heavy atom. The fourth-order valence-corrected chi connectivity index (χ4v) is 2.04. The Kier molecular flexibility index (Phi) is 3.72. The number of para-hydroxylation sites is 1. The minimum Gasteiger partial charge on any atom is -0.340 e. The van der Waals surface area contributed by atoms with Gasteiger partial charge in [-0.25, -0.2) is 9.97 Å². The van der Waals surface area contributed by atoms with Gasteiger partial charge in [-0.05, 0) is 13.0 Å². The highest BCUT2D eigenvalue weighted by Gasteiger charge is 2.06. The molecular weight excluding hydrogens is 266 g/mol. The molecule has 0 spiro atoms. The van der Waals surface area contributed by atoms with Gasteiger partial charge in [-0.1, -0.05) is 34.1 Å². The number of anilines is 1. The summed E-state index contributed by atoms with van der Waals surface area (Å²) in [4.78, 5) is 11.1. The summed E-state index contributed by atoms with van der Waals surface area (Å²) < 4.78 is 0. The van der Waals surface area contributed by atoms with Crippen molar-refractivity contribution in [2.75, 3.05) is 23.3 Å². The summed E-state index contributed by atoms with van der Waals surface area (Å²) in [6.45, 7) is 3.96. The van der Waals surface area contributed by atoms with Crippen LogP contribution in [0.4, 0.5) is 5.95 Å². The summed E-state index contributed by atoms with van der Waals surface area (Å²) in [5.74, 6) is 0.806. The molecule has 0 amide bonds. The molecule has 0 atom stereocenters. The van der Waals surface area contributed by atoms with Crippen LogP contribution in [-0.2, 0) is 0 Å². The summed E-state index contributed by atoms with van der Waals surface area (Å²) in [5, 5.41) is 2.01. The smallest absolute Gasteiger partial charge is 0.225 e. The van der Waals surface area contributed by atoms with E-state index in [1.807, 2.05) is 30.5 Å². The van der Waals surface area contributed by atoms with Gasteiger partial charge in [0.2, 0.25) is 5.95 Å². The largest absolute Gasteiger partial charge is 0.340 e. The summed E-state index contributed by atoms with van der Waals surface area (Å²) in [5.41, 5.74) is 1.00. The fourth-order valence-electron chi connectivity index (χ4n) is 1.62. The van der Waals surface area contributed by atoms with E-state index in [-0.39, 0.29) is 0 Å². The van der Waals surface area contributed by atoms with E-state index in [1.165, 1.54) is 0 Å². The van der Waals surface area contributed by atoms with Crippen molar-refractivity contribution in [3.8, 4) is 0 Å². The van der Waals surface area contributed by atoms with Crippen LogP contribution in [0.15, 0.2) is 30.5 Å². The Morgan fingerprint density at radius 2 is 2.12 bits per heavy atom. The van der Waals surface area contributed by atoms with E-state index >= 15 is 0 Å². The number of aromatic nitrogens is 2. The van der Waals surface area contributed by atoms with Crippen LogP contribution in [-0.4, -0.2) is 28.4 Å². The Morgan fingerprint density at radius 1 is 1.31 bits per heavy atom. The van der Waals surface area contributed by atoms with Crippen molar-refractivity contribution in [2.24, 2.45) is 0 Å². The van der Waals surface area contributed by atoms with Crippen LogP contribution in [0.3, 0.4) is 0 Å². The van der Waals surface area contributed by atoms with E-state index in [4.69, 9.17) is 0 Å². The second kappa shape index (κ2) is 5.25. The molecule has 2 rings (SSSR count). The minimum atomic E-state index is 0.806. The lowest BCUT2D eigenvalue weighted by Crippen LogP contribution is -2.26. The number of nitrogens with zero attached hydrogens (tertiary/aromatic N) is 3. The lowest BCUT2D eigenvalue weighted by molar-refractivity contribution is 0.834. The van der Waals surface area contributed by atoms with Crippen LogP contribution in [0.2, 0.25) is 0 Å². The summed E-state index contributed by atoms with van der Waals surface area (Å²) in [7, 11) is 0. The number of rotatable bonds is 4. The Bertz CT molecular complexity index is 473. The van der Waals surface area contributed by atoms with Crippen molar-refractivity contribution < 1.29 is 0 Å². The molecule has 4 heteroatoms. The van der Waals surface area contributed by atoms with Crippen molar-refractivity contribution in [1.82, 2.24) is 9.97 Å². The first-order valence-electron chi connectivity index (χ1n) is 5.38. The van der Waals surface area contributed by atoms with Crippen molar-refractivity contribution in [1.29, 1.82) is 0 Å². The first-order chi connectivity index (χ1) is 7.85. The molecule has 0 saturated heterocycles. The molecule has 1 aromatic heterocycles. The number of alkyl halides is 1. The molecule has 0 aliphatic rings. The fraction of sp³-hybridized carbons (Fsp3) is 0.333. The van der Waals surface area contributed by atoms with E-state index in [2.05, 4.69) is 37.7 Å². The summed E-state index contributed by atoms with van der Waals surface area (Å²) in [6, 6.07) is 8.05. The monoisotopic (exact) mass is 279 g/mol. The van der Waals surface area contributed by atoms with Crippen LogP contribution in [0, 0.1) is 0 Å². The average Bonchev–Trinajstić information content (AvgIpc) is 2.35. The molecule has 0 unspecified atom stereocenters. The van der Waals surface area contributed by atoms with E-state index in [9.17, 15) is 0 Å². The van der Waals surface area contributed by atoms with Gasteiger partial charge in [0.15, 0.2) is 0 Å². The number of fused-ring (bicyclic) bond motifs is 1. The number of hydrogen-bond acceptors (Lipinski definition) is 3. The first-order valence-corrected chi connectivity index (χ1v) is 6.50. The van der Waals surface area contributed by atoms with Crippen molar-refractivity contribution in [3.05, 3.63) is 30.5 Å². The van der Waals surface area contributed by atoms with Gasteiger partial charge >= 0.3 is 0 Å². The van der Waals surface area contributed by atoms with Crippen molar-refractivity contribution in [3.63, 3.8) is 0 Å². The lowest BCUT2D eigenvalue weighted by atomic mass is 10.2. The van der Waals surface area contributed by atoms with Crippen LogP contribution in [0.1, 0.15) is 6.92 Å². The second-order valence-electron chi connectivity index (χ2n) is 3.50. The SMILES string of the molecule is CCN(CCBr)c1ncc2ccccc2n1. The molecule has 2 aromatic rings. The zero-order chi connectivity index (χ0) is 11.4. The van der Waals surface area contributed by atoms with Crippen LogP contribution >= 0.6 is 15.9 Å². The van der Waals surface area contributed by atoms with Gasteiger partial charge < -0.3 is 4.90 Å². The van der Waals surface area contributed by atoms with Crippen molar-refractivity contribution >= 4 is 32.8 Å². The minimum absolute atomic E-state index is 0.806.